The van der Waals surface area contributed by atoms with Crippen LogP contribution < -0.4 is 0 Å². The summed E-state index contributed by atoms with van der Waals surface area (Å²) in [6, 6.07) is 0. The molecule has 0 amide bonds. The summed E-state index contributed by atoms with van der Waals surface area (Å²) in [4.78, 5) is 10.3. The third kappa shape index (κ3) is 3.51. The number of hydrogen-bond acceptors (Lipinski definition) is 1. The second kappa shape index (κ2) is 4.79. The quantitative estimate of drug-likeness (QED) is 0.695. The van der Waals surface area contributed by atoms with E-state index in [2.05, 4.69) is 15.9 Å². The fourth-order valence-corrected chi connectivity index (χ4v) is 1.22. The van der Waals surface area contributed by atoms with Crippen molar-refractivity contribution in [3.8, 4) is 0 Å². The van der Waals surface area contributed by atoms with Gasteiger partial charge in [-0.05, 0) is 6.42 Å². The zero-order valence-corrected chi connectivity index (χ0v) is 7.02. The molecule has 0 saturated carbocycles. The topological polar surface area (TPSA) is 37.3 Å². The Labute approximate surface area is 63.4 Å². The van der Waals surface area contributed by atoms with Crippen LogP contribution >= 0.6 is 15.9 Å². The van der Waals surface area contributed by atoms with Crippen LogP contribution in [0, 0.1) is 5.92 Å². The van der Waals surface area contributed by atoms with Gasteiger partial charge in [0.2, 0.25) is 0 Å². The first-order valence-corrected chi connectivity index (χ1v) is 4.13. The maximum atomic E-state index is 10.3. The number of carboxylic acid groups (broad SMARTS) is 1. The molecule has 0 aliphatic rings. The summed E-state index contributed by atoms with van der Waals surface area (Å²) in [5.74, 6) is -0.899. The van der Waals surface area contributed by atoms with E-state index in [0.29, 0.717) is 5.33 Å². The van der Waals surface area contributed by atoms with Crippen LogP contribution in [0.4, 0.5) is 0 Å². The molecule has 1 atom stereocenters. The average molecular weight is 195 g/mol. The highest BCUT2D eigenvalue weighted by atomic mass is 79.9. The van der Waals surface area contributed by atoms with Gasteiger partial charge in [-0.15, -0.1) is 0 Å². The number of aliphatic carboxylic acids is 1. The zero-order chi connectivity index (χ0) is 7.28. The van der Waals surface area contributed by atoms with Gasteiger partial charge in [-0.3, -0.25) is 4.79 Å². The molecular weight excluding hydrogens is 184 g/mol. The second-order valence-corrected chi connectivity index (χ2v) is 2.63. The number of carbonyl (C=O) groups is 1. The van der Waals surface area contributed by atoms with Crippen LogP contribution in [-0.4, -0.2) is 16.4 Å². The molecule has 0 aromatic heterocycles. The van der Waals surface area contributed by atoms with E-state index in [4.69, 9.17) is 5.11 Å². The molecule has 3 heteroatoms. The van der Waals surface area contributed by atoms with Gasteiger partial charge < -0.3 is 5.11 Å². The highest BCUT2D eigenvalue weighted by Gasteiger charge is 2.13. The standard InChI is InChI=1S/C6H11BrO2/c1-2-3-5(4-7)6(8)9/h5H,2-4H2,1H3,(H,8,9)/t5-/m1/s1. The molecule has 0 aliphatic carbocycles. The van der Waals surface area contributed by atoms with Gasteiger partial charge >= 0.3 is 5.97 Å². The molecule has 0 aromatic rings. The Morgan fingerprint density at radius 2 is 2.33 bits per heavy atom. The molecule has 0 aliphatic heterocycles. The van der Waals surface area contributed by atoms with E-state index < -0.39 is 5.97 Å². The van der Waals surface area contributed by atoms with E-state index >= 15 is 0 Å². The Morgan fingerprint density at radius 3 is 2.44 bits per heavy atom. The normalized spacial score (nSPS) is 13.1. The van der Waals surface area contributed by atoms with E-state index in [-0.39, 0.29) is 5.92 Å². The van der Waals surface area contributed by atoms with Gasteiger partial charge in [0, 0.05) is 5.33 Å². The maximum absolute atomic E-state index is 10.3. The third-order valence-electron chi connectivity index (χ3n) is 1.17. The predicted octanol–water partition coefficient (Wildman–Crippen LogP) is 1.88. The predicted molar refractivity (Wildman–Crippen MR) is 39.8 cm³/mol. The summed E-state index contributed by atoms with van der Waals surface area (Å²) in [7, 11) is 0. The van der Waals surface area contributed by atoms with Crippen molar-refractivity contribution in [3.05, 3.63) is 0 Å². The molecule has 0 aromatic carbocycles. The molecule has 0 rings (SSSR count). The van der Waals surface area contributed by atoms with Gasteiger partial charge in [0.05, 0.1) is 5.92 Å². The fourth-order valence-electron chi connectivity index (χ4n) is 0.615. The van der Waals surface area contributed by atoms with Gasteiger partial charge in [-0.25, -0.2) is 0 Å². The Bertz CT molecular complexity index is 93.1. The highest BCUT2D eigenvalue weighted by molar-refractivity contribution is 9.09. The van der Waals surface area contributed by atoms with E-state index in [1.54, 1.807) is 0 Å². The van der Waals surface area contributed by atoms with Gasteiger partial charge in [0.25, 0.3) is 0 Å². The van der Waals surface area contributed by atoms with Crippen molar-refractivity contribution in [3.63, 3.8) is 0 Å². The summed E-state index contributed by atoms with van der Waals surface area (Å²) in [6.07, 6.45) is 1.70. The van der Waals surface area contributed by atoms with E-state index in [1.807, 2.05) is 6.92 Å². The van der Waals surface area contributed by atoms with Gasteiger partial charge in [-0.2, -0.15) is 0 Å². The maximum Gasteiger partial charge on any atom is 0.307 e. The second-order valence-electron chi connectivity index (χ2n) is 1.98. The van der Waals surface area contributed by atoms with E-state index in [9.17, 15) is 4.79 Å². The lowest BCUT2D eigenvalue weighted by Gasteiger charge is -2.04. The summed E-state index contributed by atoms with van der Waals surface area (Å²) in [5.41, 5.74) is 0. The zero-order valence-electron chi connectivity index (χ0n) is 5.43. The number of hydrogen-bond donors (Lipinski definition) is 1. The summed E-state index contributed by atoms with van der Waals surface area (Å²) >= 11 is 3.14. The van der Waals surface area contributed by atoms with Crippen molar-refractivity contribution in [2.24, 2.45) is 5.92 Å². The Balaban J connectivity index is 3.54. The van der Waals surface area contributed by atoms with Gasteiger partial charge in [-0.1, -0.05) is 29.3 Å². The number of halogens is 1. The van der Waals surface area contributed by atoms with Crippen LogP contribution in [0.2, 0.25) is 0 Å². The minimum atomic E-state index is -0.700. The van der Waals surface area contributed by atoms with Crippen LogP contribution in [-0.2, 0) is 4.79 Å². The molecule has 0 fully saturated rings. The lowest BCUT2D eigenvalue weighted by Crippen LogP contribution is -2.14. The molecule has 0 spiro atoms. The largest absolute Gasteiger partial charge is 0.481 e. The molecule has 54 valence electrons. The lowest BCUT2D eigenvalue weighted by molar-refractivity contribution is -0.141. The first-order valence-electron chi connectivity index (χ1n) is 3.01. The summed E-state index contributed by atoms with van der Waals surface area (Å²) in [6.45, 7) is 1.98. The van der Waals surface area contributed by atoms with E-state index in [1.165, 1.54) is 0 Å². The monoisotopic (exact) mass is 194 g/mol. The van der Waals surface area contributed by atoms with Crippen molar-refractivity contribution < 1.29 is 9.90 Å². The average Bonchev–Trinajstić information content (AvgIpc) is 1.82. The number of alkyl halides is 1. The highest BCUT2D eigenvalue weighted by Crippen LogP contribution is 2.08. The van der Waals surface area contributed by atoms with E-state index in [0.717, 1.165) is 12.8 Å². The molecule has 0 radical (unpaired) electrons. The van der Waals surface area contributed by atoms with Crippen LogP contribution in [0.5, 0.6) is 0 Å². The van der Waals surface area contributed by atoms with Gasteiger partial charge in [0.1, 0.15) is 0 Å². The van der Waals surface area contributed by atoms with Crippen molar-refractivity contribution in [2.45, 2.75) is 19.8 Å². The van der Waals surface area contributed by atoms with Crippen LogP contribution in [0.1, 0.15) is 19.8 Å². The smallest absolute Gasteiger partial charge is 0.307 e. The molecule has 2 nitrogen and oxygen atoms in total. The Hall–Kier alpha value is -0.0500. The first kappa shape index (κ1) is 8.95. The summed E-state index contributed by atoms with van der Waals surface area (Å²) in [5, 5.41) is 9.04. The molecule has 0 saturated heterocycles. The van der Waals surface area contributed by atoms with Crippen LogP contribution in [0.3, 0.4) is 0 Å². The Kier molecular flexibility index (Phi) is 4.77. The number of carboxylic acids is 1. The minimum absolute atomic E-state index is 0.199. The van der Waals surface area contributed by atoms with Crippen molar-refractivity contribution >= 4 is 21.9 Å². The van der Waals surface area contributed by atoms with Crippen molar-refractivity contribution in [1.82, 2.24) is 0 Å². The SMILES string of the molecule is CCC[C@H](CBr)C(=O)O. The molecule has 1 N–H and O–H groups in total. The van der Waals surface area contributed by atoms with Crippen molar-refractivity contribution in [2.75, 3.05) is 5.33 Å². The van der Waals surface area contributed by atoms with Gasteiger partial charge in [0.15, 0.2) is 0 Å². The third-order valence-corrected chi connectivity index (χ3v) is 1.95. The lowest BCUT2D eigenvalue weighted by atomic mass is 10.1. The number of rotatable bonds is 4. The van der Waals surface area contributed by atoms with Crippen molar-refractivity contribution in [1.29, 1.82) is 0 Å². The minimum Gasteiger partial charge on any atom is -0.481 e. The molecule has 0 heterocycles. The molecule has 0 bridgehead atoms. The van der Waals surface area contributed by atoms with Crippen LogP contribution in [0.25, 0.3) is 0 Å². The van der Waals surface area contributed by atoms with Crippen LogP contribution in [0.15, 0.2) is 0 Å². The molecule has 9 heavy (non-hydrogen) atoms. The summed E-state index contributed by atoms with van der Waals surface area (Å²) < 4.78 is 0. The fraction of sp³-hybridized carbons (Fsp3) is 0.833. The first-order chi connectivity index (χ1) is 4.22. The molecular formula is C6H11BrO2. The molecule has 0 unspecified atom stereocenters. The Morgan fingerprint density at radius 1 is 1.78 bits per heavy atom.